The van der Waals surface area contributed by atoms with Crippen LogP contribution in [0.25, 0.3) is 0 Å². The fraction of sp³-hybridized carbons (Fsp3) is 0.300. The summed E-state index contributed by atoms with van der Waals surface area (Å²) in [6.07, 6.45) is 0. The molecule has 0 aliphatic heterocycles. The van der Waals surface area contributed by atoms with Crippen molar-refractivity contribution in [1.82, 2.24) is 0 Å². The SMILES string of the molecule is NC(=S)c1cc(F)c(NCCSC(F)(F)F)c(F)c1. The molecule has 0 bridgehead atoms. The van der Waals surface area contributed by atoms with Crippen molar-refractivity contribution < 1.29 is 22.0 Å². The van der Waals surface area contributed by atoms with Crippen molar-refractivity contribution in [2.45, 2.75) is 5.51 Å². The van der Waals surface area contributed by atoms with Crippen LogP contribution in [0.15, 0.2) is 12.1 Å². The van der Waals surface area contributed by atoms with Gasteiger partial charge in [-0.05, 0) is 23.9 Å². The van der Waals surface area contributed by atoms with E-state index in [1.165, 1.54) is 0 Å². The smallest absolute Gasteiger partial charge is 0.389 e. The van der Waals surface area contributed by atoms with Crippen molar-refractivity contribution in [3.8, 4) is 0 Å². The Balaban J connectivity index is 2.67. The second kappa shape index (κ2) is 6.38. The number of alkyl halides is 3. The van der Waals surface area contributed by atoms with Gasteiger partial charge < -0.3 is 11.1 Å². The Morgan fingerprint density at radius 2 is 1.79 bits per heavy atom. The molecule has 0 heterocycles. The lowest BCUT2D eigenvalue weighted by Crippen LogP contribution is -2.14. The molecular weight excluding hydrogens is 307 g/mol. The minimum Gasteiger partial charge on any atom is -0.389 e. The molecule has 0 aliphatic carbocycles. The molecule has 0 saturated carbocycles. The molecule has 0 saturated heterocycles. The molecule has 9 heteroatoms. The fourth-order valence-electron chi connectivity index (χ4n) is 1.23. The van der Waals surface area contributed by atoms with Crippen LogP contribution in [-0.2, 0) is 0 Å². The molecule has 0 radical (unpaired) electrons. The Kier molecular flexibility index (Phi) is 5.36. The van der Waals surface area contributed by atoms with Gasteiger partial charge >= 0.3 is 5.51 Å². The van der Waals surface area contributed by atoms with Crippen molar-refractivity contribution in [3.63, 3.8) is 0 Å². The van der Waals surface area contributed by atoms with Crippen LogP contribution in [0.3, 0.4) is 0 Å². The molecule has 0 unspecified atom stereocenters. The average molecular weight is 316 g/mol. The van der Waals surface area contributed by atoms with Gasteiger partial charge in [0, 0.05) is 17.9 Å². The second-order valence-corrected chi connectivity index (χ2v) is 5.00. The Hall–Kier alpha value is -1.09. The van der Waals surface area contributed by atoms with Crippen LogP contribution in [-0.4, -0.2) is 22.8 Å². The third-order valence-corrected chi connectivity index (χ3v) is 2.97. The third kappa shape index (κ3) is 5.19. The maximum atomic E-state index is 13.5. The Morgan fingerprint density at radius 1 is 1.26 bits per heavy atom. The Bertz CT molecular complexity index is 452. The number of nitrogens with one attached hydrogen (secondary N) is 1. The summed E-state index contributed by atoms with van der Waals surface area (Å²) in [6, 6.07) is 1.84. The highest BCUT2D eigenvalue weighted by atomic mass is 32.2. The molecule has 0 atom stereocenters. The summed E-state index contributed by atoms with van der Waals surface area (Å²) in [4.78, 5) is -0.169. The van der Waals surface area contributed by atoms with E-state index in [2.05, 4.69) is 17.5 Å². The van der Waals surface area contributed by atoms with Crippen LogP contribution in [0.2, 0.25) is 0 Å². The van der Waals surface area contributed by atoms with Crippen LogP contribution in [0.5, 0.6) is 0 Å². The molecule has 2 nitrogen and oxygen atoms in total. The van der Waals surface area contributed by atoms with Crippen LogP contribution in [0.1, 0.15) is 5.56 Å². The molecule has 1 aromatic rings. The first-order chi connectivity index (χ1) is 8.70. The molecule has 3 N–H and O–H groups in total. The summed E-state index contributed by atoms with van der Waals surface area (Å²) in [5, 5.41) is 2.27. The van der Waals surface area contributed by atoms with Gasteiger partial charge in [-0.25, -0.2) is 8.78 Å². The zero-order valence-corrected chi connectivity index (χ0v) is 11.0. The highest BCUT2D eigenvalue weighted by Gasteiger charge is 2.27. The van der Waals surface area contributed by atoms with E-state index in [0.29, 0.717) is 0 Å². The third-order valence-electron chi connectivity index (χ3n) is 2.00. The number of thiocarbonyl (C=S) groups is 1. The van der Waals surface area contributed by atoms with Gasteiger partial charge in [0.05, 0.1) is 0 Å². The number of hydrogen-bond acceptors (Lipinski definition) is 3. The maximum absolute atomic E-state index is 13.5. The summed E-state index contributed by atoms with van der Waals surface area (Å²) in [6.45, 7) is -0.232. The number of rotatable bonds is 5. The zero-order chi connectivity index (χ0) is 14.6. The number of anilines is 1. The fourth-order valence-corrected chi connectivity index (χ4v) is 1.78. The van der Waals surface area contributed by atoms with Crippen LogP contribution in [0.4, 0.5) is 27.6 Å². The first-order valence-corrected chi connectivity index (χ1v) is 6.33. The lowest BCUT2D eigenvalue weighted by Gasteiger charge is -2.11. The van der Waals surface area contributed by atoms with E-state index in [0.717, 1.165) is 12.1 Å². The molecule has 0 aliphatic rings. The number of halogens is 5. The predicted octanol–water partition coefficient (Wildman–Crippen LogP) is 3.26. The van der Waals surface area contributed by atoms with E-state index in [9.17, 15) is 22.0 Å². The van der Waals surface area contributed by atoms with Gasteiger partial charge in [0.2, 0.25) is 0 Å². The molecule has 0 spiro atoms. The predicted molar refractivity (Wildman–Crippen MR) is 69.2 cm³/mol. The van der Waals surface area contributed by atoms with E-state index in [1.807, 2.05) is 0 Å². The summed E-state index contributed by atoms with van der Waals surface area (Å²) >= 11 is 4.29. The summed E-state index contributed by atoms with van der Waals surface area (Å²) in [5.74, 6) is -2.28. The number of nitrogens with two attached hydrogens (primary N) is 1. The molecule has 0 amide bonds. The van der Waals surface area contributed by atoms with Gasteiger partial charge in [0.15, 0.2) is 0 Å². The van der Waals surface area contributed by atoms with Crippen molar-refractivity contribution in [3.05, 3.63) is 29.3 Å². The minimum absolute atomic E-state index is 0.0141. The quantitative estimate of drug-likeness (QED) is 0.497. The van der Waals surface area contributed by atoms with Crippen molar-refractivity contribution in [2.24, 2.45) is 5.73 Å². The van der Waals surface area contributed by atoms with Gasteiger partial charge in [0.1, 0.15) is 22.3 Å². The van der Waals surface area contributed by atoms with Gasteiger partial charge in [-0.15, -0.1) is 0 Å². The van der Waals surface area contributed by atoms with Gasteiger partial charge in [0.25, 0.3) is 0 Å². The van der Waals surface area contributed by atoms with E-state index >= 15 is 0 Å². The molecule has 106 valence electrons. The first-order valence-electron chi connectivity index (χ1n) is 4.94. The summed E-state index contributed by atoms with van der Waals surface area (Å²) < 4.78 is 62.5. The van der Waals surface area contributed by atoms with Gasteiger partial charge in [-0.3, -0.25) is 0 Å². The van der Waals surface area contributed by atoms with Crippen LogP contribution < -0.4 is 11.1 Å². The number of thioether (sulfide) groups is 1. The zero-order valence-electron chi connectivity index (χ0n) is 9.35. The summed E-state index contributed by atoms with van der Waals surface area (Å²) in [7, 11) is 0. The monoisotopic (exact) mass is 316 g/mol. The number of benzene rings is 1. The second-order valence-electron chi connectivity index (χ2n) is 3.40. The lowest BCUT2D eigenvalue weighted by atomic mass is 10.2. The Morgan fingerprint density at radius 3 is 2.21 bits per heavy atom. The number of hydrogen-bond donors (Lipinski definition) is 2. The van der Waals surface area contributed by atoms with Crippen LogP contribution in [0, 0.1) is 11.6 Å². The maximum Gasteiger partial charge on any atom is 0.441 e. The molecular formula is C10H9F5N2S2. The molecule has 0 fully saturated rings. The van der Waals surface area contributed by atoms with Gasteiger partial charge in [-0.2, -0.15) is 13.2 Å². The topological polar surface area (TPSA) is 38.0 Å². The normalized spacial score (nSPS) is 11.4. The van der Waals surface area contributed by atoms with E-state index in [4.69, 9.17) is 5.73 Å². The van der Waals surface area contributed by atoms with Crippen molar-refractivity contribution >= 4 is 34.7 Å². The lowest BCUT2D eigenvalue weighted by molar-refractivity contribution is -0.0327. The Labute approximate surface area is 115 Å². The highest BCUT2D eigenvalue weighted by Crippen LogP contribution is 2.30. The largest absolute Gasteiger partial charge is 0.441 e. The average Bonchev–Trinajstić information content (AvgIpc) is 2.25. The minimum atomic E-state index is -4.37. The van der Waals surface area contributed by atoms with E-state index < -0.39 is 22.8 Å². The molecule has 1 aromatic carbocycles. The molecule has 0 aromatic heterocycles. The molecule has 1 rings (SSSR count). The van der Waals surface area contributed by atoms with Crippen LogP contribution >= 0.6 is 24.0 Å². The van der Waals surface area contributed by atoms with E-state index in [1.54, 1.807) is 0 Å². The highest BCUT2D eigenvalue weighted by molar-refractivity contribution is 8.00. The first kappa shape index (κ1) is 16.0. The molecule has 19 heavy (non-hydrogen) atoms. The van der Waals surface area contributed by atoms with E-state index in [-0.39, 0.29) is 34.6 Å². The van der Waals surface area contributed by atoms with Crippen molar-refractivity contribution in [1.29, 1.82) is 0 Å². The standard InChI is InChI=1S/C10H9F5N2S2/c11-6-3-5(9(16)18)4-7(12)8(6)17-1-2-19-10(13,14)15/h3-4,17H,1-2H2,(H2,16,18). The van der Waals surface area contributed by atoms with Gasteiger partial charge in [-0.1, -0.05) is 12.2 Å². The van der Waals surface area contributed by atoms with Crippen molar-refractivity contribution in [2.75, 3.05) is 17.6 Å². The summed E-state index contributed by atoms with van der Waals surface area (Å²) in [5.41, 5.74) is 0.370.